The summed E-state index contributed by atoms with van der Waals surface area (Å²) in [5.74, 6) is 0. The number of aliphatic hydroxyl groups excluding tert-OH is 1. The molecule has 0 spiro atoms. The minimum Gasteiger partial charge on any atom is -0.392 e. The van der Waals surface area contributed by atoms with Gasteiger partial charge in [-0.3, -0.25) is 0 Å². The van der Waals surface area contributed by atoms with Crippen molar-refractivity contribution in [3.8, 4) is 0 Å². The van der Waals surface area contributed by atoms with Crippen molar-refractivity contribution < 1.29 is 5.11 Å². The van der Waals surface area contributed by atoms with Gasteiger partial charge in [-0.05, 0) is 6.42 Å². The smallest absolute Gasteiger partial charge is 0.0615 e. The van der Waals surface area contributed by atoms with E-state index < -0.39 is 0 Å². The van der Waals surface area contributed by atoms with Crippen LogP contribution in [-0.4, -0.2) is 11.7 Å². The largest absolute Gasteiger partial charge is 0.392 e. The predicted octanol–water partition coefficient (Wildman–Crippen LogP) is 1.89. The van der Waals surface area contributed by atoms with Gasteiger partial charge in [0.25, 0.3) is 0 Å². The van der Waals surface area contributed by atoms with Crippen LogP contribution in [0.4, 0.5) is 0 Å². The fourth-order valence-electron chi connectivity index (χ4n) is 0.481. The molecule has 9 heavy (non-hydrogen) atoms. The quantitative estimate of drug-likeness (QED) is 0.570. The first-order chi connectivity index (χ1) is 4.41. The van der Waals surface area contributed by atoms with Crippen molar-refractivity contribution in [2.75, 3.05) is 6.61 Å². The second kappa shape index (κ2) is 7.44. The summed E-state index contributed by atoms with van der Waals surface area (Å²) in [6.45, 7) is 2.27. The Bertz CT molecular complexity index is 92.7. The molecule has 0 fully saturated rings. The molecule has 0 radical (unpaired) electrons. The molecule has 0 saturated heterocycles. The highest BCUT2D eigenvalue weighted by Gasteiger charge is 1.68. The van der Waals surface area contributed by atoms with Crippen molar-refractivity contribution in [3.63, 3.8) is 0 Å². The summed E-state index contributed by atoms with van der Waals surface area (Å²) in [7, 11) is 0. The SMILES string of the molecule is CCC/C=C/C=CCO. The van der Waals surface area contributed by atoms with Gasteiger partial charge in [0, 0.05) is 0 Å². The Balaban J connectivity index is 3.13. The van der Waals surface area contributed by atoms with Crippen LogP contribution in [0.2, 0.25) is 0 Å². The standard InChI is InChI=1S/C8H14O/c1-2-3-4-5-6-7-8-9/h4-7,9H,2-3,8H2,1H3/b5-4+,7-6?. The molecule has 0 rings (SSSR count). The molecule has 0 atom stereocenters. The topological polar surface area (TPSA) is 20.2 Å². The minimum atomic E-state index is 0.135. The third kappa shape index (κ3) is 7.44. The van der Waals surface area contributed by atoms with Crippen LogP contribution in [0.5, 0.6) is 0 Å². The number of rotatable bonds is 4. The average molecular weight is 126 g/mol. The normalized spacial score (nSPS) is 11.8. The van der Waals surface area contributed by atoms with Crippen LogP contribution in [0.3, 0.4) is 0 Å². The molecule has 1 nitrogen and oxygen atoms in total. The monoisotopic (exact) mass is 126 g/mol. The zero-order valence-corrected chi connectivity index (χ0v) is 5.88. The van der Waals surface area contributed by atoms with E-state index in [2.05, 4.69) is 13.0 Å². The van der Waals surface area contributed by atoms with Gasteiger partial charge in [-0.25, -0.2) is 0 Å². The molecule has 0 heterocycles. The van der Waals surface area contributed by atoms with Crippen molar-refractivity contribution in [2.45, 2.75) is 19.8 Å². The summed E-state index contributed by atoms with van der Waals surface area (Å²) in [4.78, 5) is 0. The van der Waals surface area contributed by atoms with Crippen LogP contribution >= 0.6 is 0 Å². The van der Waals surface area contributed by atoms with Gasteiger partial charge < -0.3 is 5.11 Å². The summed E-state index contributed by atoms with van der Waals surface area (Å²) in [6.07, 6.45) is 9.92. The molecule has 0 bridgehead atoms. The van der Waals surface area contributed by atoms with Gasteiger partial charge in [-0.2, -0.15) is 0 Å². The van der Waals surface area contributed by atoms with Crippen LogP contribution in [0.25, 0.3) is 0 Å². The Morgan fingerprint density at radius 2 is 1.89 bits per heavy atom. The molecule has 0 amide bonds. The highest BCUT2D eigenvalue weighted by atomic mass is 16.2. The molecular formula is C8H14O. The van der Waals surface area contributed by atoms with Crippen LogP contribution < -0.4 is 0 Å². The van der Waals surface area contributed by atoms with Gasteiger partial charge in [0.15, 0.2) is 0 Å². The Hall–Kier alpha value is -0.560. The molecule has 1 heteroatoms. The maximum absolute atomic E-state index is 8.30. The van der Waals surface area contributed by atoms with Crippen molar-refractivity contribution in [1.29, 1.82) is 0 Å². The van der Waals surface area contributed by atoms with Gasteiger partial charge in [0.1, 0.15) is 0 Å². The molecule has 0 aromatic rings. The van der Waals surface area contributed by atoms with E-state index in [0.717, 1.165) is 6.42 Å². The molecule has 0 aliphatic heterocycles. The van der Waals surface area contributed by atoms with Crippen molar-refractivity contribution in [2.24, 2.45) is 0 Å². The lowest BCUT2D eigenvalue weighted by molar-refractivity contribution is 0.343. The van der Waals surface area contributed by atoms with E-state index in [-0.39, 0.29) is 6.61 Å². The third-order valence-electron chi connectivity index (χ3n) is 0.944. The van der Waals surface area contributed by atoms with Gasteiger partial charge in [-0.1, -0.05) is 37.6 Å². The maximum atomic E-state index is 8.30. The summed E-state index contributed by atoms with van der Waals surface area (Å²) in [5.41, 5.74) is 0. The van der Waals surface area contributed by atoms with Crippen molar-refractivity contribution in [1.82, 2.24) is 0 Å². The summed E-state index contributed by atoms with van der Waals surface area (Å²) < 4.78 is 0. The molecule has 0 aromatic heterocycles. The first-order valence-corrected chi connectivity index (χ1v) is 3.34. The first-order valence-electron chi connectivity index (χ1n) is 3.34. The molecule has 1 N–H and O–H groups in total. The van der Waals surface area contributed by atoms with E-state index in [1.54, 1.807) is 6.08 Å². The van der Waals surface area contributed by atoms with E-state index in [4.69, 9.17) is 5.11 Å². The highest BCUT2D eigenvalue weighted by molar-refractivity contribution is 5.01. The van der Waals surface area contributed by atoms with Gasteiger partial charge in [0.05, 0.1) is 6.61 Å². The fourth-order valence-corrected chi connectivity index (χ4v) is 0.481. The lowest BCUT2D eigenvalue weighted by Gasteiger charge is -1.79. The van der Waals surface area contributed by atoms with Crippen LogP contribution in [0.1, 0.15) is 19.8 Å². The molecule has 0 unspecified atom stereocenters. The Morgan fingerprint density at radius 3 is 2.44 bits per heavy atom. The van der Waals surface area contributed by atoms with Gasteiger partial charge >= 0.3 is 0 Å². The van der Waals surface area contributed by atoms with E-state index >= 15 is 0 Å². The second-order valence-electron chi connectivity index (χ2n) is 1.83. The molecule has 0 aliphatic carbocycles. The minimum absolute atomic E-state index is 0.135. The average Bonchev–Trinajstić information content (AvgIpc) is 1.89. The summed E-state index contributed by atoms with van der Waals surface area (Å²) >= 11 is 0. The fraction of sp³-hybridized carbons (Fsp3) is 0.500. The maximum Gasteiger partial charge on any atom is 0.0615 e. The number of aliphatic hydroxyl groups is 1. The molecule has 0 aromatic carbocycles. The number of hydrogen-bond acceptors (Lipinski definition) is 1. The lowest BCUT2D eigenvalue weighted by Crippen LogP contribution is -1.67. The Labute approximate surface area is 56.7 Å². The van der Waals surface area contributed by atoms with Crippen LogP contribution in [-0.2, 0) is 0 Å². The van der Waals surface area contributed by atoms with Crippen molar-refractivity contribution >= 4 is 0 Å². The molecule has 0 aliphatic rings. The van der Waals surface area contributed by atoms with E-state index in [1.165, 1.54) is 6.42 Å². The third-order valence-corrected chi connectivity index (χ3v) is 0.944. The highest BCUT2D eigenvalue weighted by Crippen LogP contribution is 1.87. The lowest BCUT2D eigenvalue weighted by atomic mass is 10.3. The summed E-state index contributed by atoms with van der Waals surface area (Å²) in [5, 5.41) is 8.30. The number of allylic oxidation sites excluding steroid dienone is 3. The number of unbranched alkanes of at least 4 members (excludes halogenated alkanes) is 1. The molecular weight excluding hydrogens is 112 g/mol. The predicted molar refractivity (Wildman–Crippen MR) is 40.3 cm³/mol. The molecule has 52 valence electrons. The first kappa shape index (κ1) is 8.44. The van der Waals surface area contributed by atoms with Gasteiger partial charge in [0.2, 0.25) is 0 Å². The number of hydrogen-bond donors (Lipinski definition) is 1. The summed E-state index contributed by atoms with van der Waals surface area (Å²) in [6, 6.07) is 0. The van der Waals surface area contributed by atoms with Crippen LogP contribution in [0, 0.1) is 0 Å². The molecule has 0 saturated carbocycles. The Kier molecular flexibility index (Phi) is 6.98. The van der Waals surface area contributed by atoms with Crippen LogP contribution in [0.15, 0.2) is 24.3 Å². The van der Waals surface area contributed by atoms with Gasteiger partial charge in [-0.15, -0.1) is 0 Å². The Morgan fingerprint density at radius 1 is 1.22 bits per heavy atom. The zero-order chi connectivity index (χ0) is 6.95. The zero-order valence-electron chi connectivity index (χ0n) is 5.88. The van der Waals surface area contributed by atoms with Crippen molar-refractivity contribution in [3.05, 3.63) is 24.3 Å². The van der Waals surface area contributed by atoms with E-state index in [1.807, 2.05) is 12.2 Å². The van der Waals surface area contributed by atoms with E-state index in [0.29, 0.717) is 0 Å². The van der Waals surface area contributed by atoms with E-state index in [9.17, 15) is 0 Å². The second-order valence-corrected chi connectivity index (χ2v) is 1.83.